The van der Waals surface area contributed by atoms with Crippen LogP contribution in [-0.2, 0) is 0 Å². The molecule has 0 bridgehead atoms. The zero-order valence-electron chi connectivity index (χ0n) is 14.7. The van der Waals surface area contributed by atoms with Crippen LogP contribution in [0.1, 0.15) is 36.8 Å². The molecule has 2 fully saturated rings. The van der Waals surface area contributed by atoms with E-state index < -0.39 is 0 Å². The van der Waals surface area contributed by atoms with Crippen LogP contribution in [-0.4, -0.2) is 51.2 Å². The number of hydrogen-bond donors (Lipinski definition) is 0. The molecule has 1 saturated carbocycles. The molecule has 1 aromatic carbocycles. The minimum absolute atomic E-state index is 0.737. The van der Waals surface area contributed by atoms with Gasteiger partial charge in [0, 0.05) is 50.6 Å². The van der Waals surface area contributed by atoms with Crippen LogP contribution < -0.4 is 9.80 Å². The Kier molecular flexibility index (Phi) is 4.62. The van der Waals surface area contributed by atoms with Crippen LogP contribution in [0.5, 0.6) is 0 Å². The van der Waals surface area contributed by atoms with Crippen molar-refractivity contribution in [3.8, 4) is 0 Å². The Labute approximate surface area is 135 Å². The van der Waals surface area contributed by atoms with Gasteiger partial charge in [0.2, 0.25) is 0 Å². The van der Waals surface area contributed by atoms with Gasteiger partial charge in [-0.25, -0.2) is 0 Å². The summed E-state index contributed by atoms with van der Waals surface area (Å²) in [5.74, 6) is 0. The number of likely N-dealkylation sites (N-methyl/N-ethyl adjacent to an activating group) is 1. The Hall–Kier alpha value is -1.22. The summed E-state index contributed by atoms with van der Waals surface area (Å²) >= 11 is 0. The fourth-order valence-electron chi connectivity index (χ4n) is 3.92. The predicted octanol–water partition coefficient (Wildman–Crippen LogP) is 3.43. The lowest BCUT2D eigenvalue weighted by atomic mass is 10.0. The Morgan fingerprint density at radius 1 is 1.00 bits per heavy atom. The average molecular weight is 301 g/mol. The normalized spacial score (nSPS) is 20.6. The highest BCUT2D eigenvalue weighted by Crippen LogP contribution is 2.34. The molecule has 0 atom stereocenters. The first-order valence-electron chi connectivity index (χ1n) is 8.84. The van der Waals surface area contributed by atoms with Crippen molar-refractivity contribution in [1.82, 2.24) is 4.90 Å². The quantitative estimate of drug-likeness (QED) is 0.847. The minimum Gasteiger partial charge on any atom is -0.371 e. The third-order valence-electron chi connectivity index (χ3n) is 5.75. The summed E-state index contributed by atoms with van der Waals surface area (Å²) in [6, 6.07) is 5.55. The second kappa shape index (κ2) is 6.49. The average Bonchev–Trinajstić information content (AvgIpc) is 3.04. The third kappa shape index (κ3) is 3.10. The largest absolute Gasteiger partial charge is 0.371 e. The van der Waals surface area contributed by atoms with Gasteiger partial charge in [0.05, 0.1) is 0 Å². The summed E-state index contributed by atoms with van der Waals surface area (Å²) < 4.78 is 0. The van der Waals surface area contributed by atoms with Crippen molar-refractivity contribution in [2.24, 2.45) is 0 Å². The maximum Gasteiger partial charge on any atom is 0.0419 e. The van der Waals surface area contributed by atoms with Crippen molar-refractivity contribution < 1.29 is 0 Å². The van der Waals surface area contributed by atoms with Crippen LogP contribution >= 0.6 is 0 Å². The number of aryl methyl sites for hydroxylation is 1. The predicted molar refractivity (Wildman–Crippen MR) is 96.3 cm³/mol. The molecule has 1 aromatic rings. The first-order chi connectivity index (χ1) is 10.6. The standard InChI is InChI=1S/C19H31N3/c1-15-13-18(22-11-9-20(3)10-12-22)14-19(16(15)2)21(4)17-7-5-6-8-17/h13-14,17H,5-12H2,1-4H3. The molecule has 1 aliphatic heterocycles. The molecule has 3 rings (SSSR count). The summed E-state index contributed by atoms with van der Waals surface area (Å²) in [5.41, 5.74) is 5.74. The summed E-state index contributed by atoms with van der Waals surface area (Å²) in [5, 5.41) is 0. The third-order valence-corrected chi connectivity index (χ3v) is 5.75. The number of piperazine rings is 1. The number of benzene rings is 1. The highest BCUT2D eigenvalue weighted by Gasteiger charge is 2.23. The molecule has 0 amide bonds. The molecule has 0 spiro atoms. The first kappa shape index (κ1) is 15.7. The lowest BCUT2D eigenvalue weighted by Gasteiger charge is -2.36. The SMILES string of the molecule is Cc1cc(N2CCN(C)CC2)cc(N(C)C2CCCC2)c1C. The lowest BCUT2D eigenvalue weighted by molar-refractivity contribution is 0.313. The van der Waals surface area contributed by atoms with Crippen molar-refractivity contribution in [3.05, 3.63) is 23.3 Å². The van der Waals surface area contributed by atoms with Crippen LogP contribution in [0.25, 0.3) is 0 Å². The molecule has 0 N–H and O–H groups in total. The van der Waals surface area contributed by atoms with E-state index in [1.165, 1.54) is 61.3 Å². The molecule has 0 radical (unpaired) electrons. The first-order valence-corrected chi connectivity index (χ1v) is 8.84. The molecule has 1 saturated heterocycles. The topological polar surface area (TPSA) is 9.72 Å². The number of rotatable bonds is 3. The van der Waals surface area contributed by atoms with E-state index in [0.717, 1.165) is 19.1 Å². The van der Waals surface area contributed by atoms with E-state index in [1.54, 1.807) is 0 Å². The van der Waals surface area contributed by atoms with Gasteiger partial charge in [-0.2, -0.15) is 0 Å². The van der Waals surface area contributed by atoms with Crippen molar-refractivity contribution in [1.29, 1.82) is 0 Å². The molecule has 2 aliphatic rings. The fourth-order valence-corrected chi connectivity index (χ4v) is 3.92. The molecule has 22 heavy (non-hydrogen) atoms. The maximum absolute atomic E-state index is 2.55. The number of anilines is 2. The number of nitrogens with zero attached hydrogens (tertiary/aromatic N) is 3. The van der Waals surface area contributed by atoms with Crippen LogP contribution in [0.4, 0.5) is 11.4 Å². The minimum atomic E-state index is 0.737. The summed E-state index contributed by atoms with van der Waals surface area (Å²) in [6.07, 6.45) is 5.50. The highest BCUT2D eigenvalue weighted by atomic mass is 15.2. The molecule has 3 heteroatoms. The Bertz CT molecular complexity index is 512. The second-order valence-electron chi connectivity index (χ2n) is 7.25. The van der Waals surface area contributed by atoms with Gasteiger partial charge in [0.25, 0.3) is 0 Å². The molecular formula is C19H31N3. The van der Waals surface area contributed by atoms with Crippen molar-refractivity contribution in [3.63, 3.8) is 0 Å². The van der Waals surface area contributed by atoms with Crippen molar-refractivity contribution in [2.75, 3.05) is 50.1 Å². The van der Waals surface area contributed by atoms with E-state index >= 15 is 0 Å². The van der Waals surface area contributed by atoms with Crippen LogP contribution in [0.3, 0.4) is 0 Å². The zero-order valence-corrected chi connectivity index (χ0v) is 14.7. The molecule has 122 valence electrons. The number of hydrogen-bond acceptors (Lipinski definition) is 3. The van der Waals surface area contributed by atoms with Gasteiger partial charge in [0.1, 0.15) is 0 Å². The van der Waals surface area contributed by atoms with Gasteiger partial charge in [-0.1, -0.05) is 12.8 Å². The van der Waals surface area contributed by atoms with E-state index in [-0.39, 0.29) is 0 Å². The van der Waals surface area contributed by atoms with Crippen LogP contribution in [0, 0.1) is 13.8 Å². The van der Waals surface area contributed by atoms with Crippen LogP contribution in [0.2, 0.25) is 0 Å². The van der Waals surface area contributed by atoms with E-state index in [9.17, 15) is 0 Å². The second-order valence-corrected chi connectivity index (χ2v) is 7.25. The monoisotopic (exact) mass is 301 g/mol. The van der Waals surface area contributed by atoms with Crippen molar-refractivity contribution >= 4 is 11.4 Å². The summed E-state index contributed by atoms with van der Waals surface area (Å²) in [4.78, 5) is 7.52. The molecule has 0 unspecified atom stereocenters. The molecule has 1 heterocycles. The molecular weight excluding hydrogens is 270 g/mol. The van der Waals surface area contributed by atoms with E-state index in [4.69, 9.17) is 0 Å². The van der Waals surface area contributed by atoms with E-state index in [0.29, 0.717) is 0 Å². The zero-order chi connectivity index (χ0) is 15.7. The van der Waals surface area contributed by atoms with Gasteiger partial charge in [0.15, 0.2) is 0 Å². The smallest absolute Gasteiger partial charge is 0.0419 e. The van der Waals surface area contributed by atoms with E-state index in [1.807, 2.05) is 0 Å². The molecule has 0 aromatic heterocycles. The van der Waals surface area contributed by atoms with Crippen molar-refractivity contribution in [2.45, 2.75) is 45.6 Å². The highest BCUT2D eigenvalue weighted by molar-refractivity contribution is 5.66. The summed E-state index contributed by atoms with van der Waals surface area (Å²) in [7, 11) is 4.52. The Balaban J connectivity index is 1.86. The van der Waals surface area contributed by atoms with Gasteiger partial charge in [-0.3, -0.25) is 0 Å². The Morgan fingerprint density at radius 3 is 2.27 bits per heavy atom. The van der Waals surface area contributed by atoms with Crippen LogP contribution in [0.15, 0.2) is 12.1 Å². The lowest BCUT2D eigenvalue weighted by Crippen LogP contribution is -2.44. The maximum atomic E-state index is 2.55. The molecule has 1 aliphatic carbocycles. The van der Waals surface area contributed by atoms with E-state index in [2.05, 4.69) is 54.8 Å². The Morgan fingerprint density at radius 2 is 1.64 bits per heavy atom. The molecule has 3 nitrogen and oxygen atoms in total. The van der Waals surface area contributed by atoms with Gasteiger partial charge in [-0.05, 0) is 57.0 Å². The summed E-state index contributed by atoms with van der Waals surface area (Å²) in [6.45, 7) is 9.17. The van der Waals surface area contributed by atoms with Gasteiger partial charge in [-0.15, -0.1) is 0 Å². The van der Waals surface area contributed by atoms with Gasteiger partial charge >= 0.3 is 0 Å². The fraction of sp³-hybridized carbons (Fsp3) is 0.684. The van der Waals surface area contributed by atoms with Gasteiger partial charge < -0.3 is 14.7 Å².